The first-order chi connectivity index (χ1) is 21.8. The minimum Gasteiger partial charge on any atom is -0.492 e. The van der Waals surface area contributed by atoms with Gasteiger partial charge in [0.05, 0.1) is 16.1 Å². The molecule has 45 heavy (non-hydrogen) atoms. The maximum atomic E-state index is 12.8. The zero-order valence-electron chi connectivity index (χ0n) is 24.8. The molecule has 0 saturated carbocycles. The molecule has 2 heterocycles. The third-order valence-corrected chi connectivity index (χ3v) is 9.40. The molecule has 0 radical (unpaired) electrons. The number of imidazole rings is 1. The van der Waals surface area contributed by atoms with Crippen molar-refractivity contribution in [3.63, 3.8) is 0 Å². The van der Waals surface area contributed by atoms with E-state index in [-0.39, 0.29) is 10.6 Å². The third-order valence-electron chi connectivity index (χ3n) is 7.97. The van der Waals surface area contributed by atoms with Gasteiger partial charge in [0.25, 0.3) is 15.7 Å². The number of hydrogen-bond acceptors (Lipinski definition) is 8. The van der Waals surface area contributed by atoms with Crippen molar-refractivity contribution in [2.24, 2.45) is 0 Å². The van der Waals surface area contributed by atoms with Crippen LogP contribution in [-0.2, 0) is 16.4 Å². The molecular weight excluding hydrogens is 592 g/mol. The zero-order chi connectivity index (χ0) is 31.4. The van der Waals surface area contributed by atoms with Crippen LogP contribution in [0.5, 0.6) is 5.75 Å². The van der Waals surface area contributed by atoms with Crippen LogP contribution < -0.4 is 14.4 Å². The molecule has 2 N–H and O–H groups in total. The number of sulfonamides is 1. The van der Waals surface area contributed by atoms with E-state index in [1.165, 1.54) is 23.8 Å². The number of nitrogens with zero attached hydrogens (tertiary/aromatic N) is 4. The summed E-state index contributed by atoms with van der Waals surface area (Å²) >= 11 is 0. The van der Waals surface area contributed by atoms with Gasteiger partial charge in [-0.2, -0.15) is 0 Å². The maximum Gasteiger partial charge on any atom is 0.289 e. The number of anilines is 2. The monoisotopic (exact) mass is 626 g/mol. The first-order valence-corrected chi connectivity index (χ1v) is 16.3. The number of fused-ring (bicyclic) bond motifs is 1. The molecule has 0 unspecified atom stereocenters. The Balaban J connectivity index is 1.01. The summed E-state index contributed by atoms with van der Waals surface area (Å²) in [5.41, 5.74) is 5.33. The van der Waals surface area contributed by atoms with E-state index >= 15 is 0 Å². The van der Waals surface area contributed by atoms with E-state index in [1.54, 1.807) is 24.3 Å². The molecule has 1 aliphatic heterocycles. The Hall–Kier alpha value is -4.94. The SMILES string of the molecule is CCc1ccc(-c2nc3c(N4CCN(CCOc5ccc(NS(=O)(=O)c6ccccc6[N+](=O)[O-])cc5)CC4)cccc3[nH]2)cc1. The number of hydrogen-bond donors (Lipinski definition) is 2. The van der Waals surface area contributed by atoms with Gasteiger partial charge in [-0.3, -0.25) is 19.7 Å². The molecule has 232 valence electrons. The molecule has 1 fully saturated rings. The second-order valence-electron chi connectivity index (χ2n) is 10.8. The predicted octanol–water partition coefficient (Wildman–Crippen LogP) is 5.70. The number of aryl methyl sites for hydroxylation is 1. The standard InChI is InChI=1S/C33H34N6O5S/c1-2-24-10-12-25(13-11-24)33-34-28-6-5-8-30(32(28)35-33)38-20-18-37(19-21-38)22-23-44-27-16-14-26(15-17-27)36-45(42,43)31-9-4-3-7-29(31)39(40)41/h3-17,36H,2,18-23H2,1H3,(H,34,35). The number of piperazine rings is 1. The summed E-state index contributed by atoms with van der Waals surface area (Å²) in [6, 6.07) is 26.5. The van der Waals surface area contributed by atoms with E-state index in [4.69, 9.17) is 9.72 Å². The lowest BCUT2D eigenvalue weighted by atomic mass is 10.1. The number of para-hydroxylation sites is 2. The zero-order valence-corrected chi connectivity index (χ0v) is 25.7. The molecule has 0 amide bonds. The Bertz CT molecular complexity index is 1900. The summed E-state index contributed by atoms with van der Waals surface area (Å²) in [6.45, 7) is 6.92. The summed E-state index contributed by atoms with van der Waals surface area (Å²) in [7, 11) is -4.13. The number of nitrogens with one attached hydrogen (secondary N) is 2. The fourth-order valence-corrected chi connectivity index (χ4v) is 6.71. The van der Waals surface area contributed by atoms with E-state index in [0.717, 1.165) is 73.3 Å². The van der Waals surface area contributed by atoms with E-state index in [9.17, 15) is 18.5 Å². The summed E-state index contributed by atoms with van der Waals surface area (Å²) in [4.78, 5) is 23.4. The fraction of sp³-hybridized carbons (Fsp3) is 0.242. The minimum absolute atomic E-state index is 0.282. The quantitative estimate of drug-likeness (QED) is 0.141. The smallest absolute Gasteiger partial charge is 0.289 e. The van der Waals surface area contributed by atoms with E-state index in [1.807, 2.05) is 0 Å². The van der Waals surface area contributed by atoms with Gasteiger partial charge in [-0.1, -0.05) is 49.4 Å². The Morgan fingerprint density at radius 3 is 2.38 bits per heavy atom. The number of ether oxygens (including phenoxy) is 1. The summed E-state index contributed by atoms with van der Waals surface area (Å²) in [5, 5.41) is 11.3. The molecule has 6 rings (SSSR count). The van der Waals surface area contributed by atoms with Crippen LogP contribution in [0.3, 0.4) is 0 Å². The van der Waals surface area contributed by atoms with Crippen molar-refractivity contribution >= 4 is 38.1 Å². The van der Waals surface area contributed by atoms with Crippen molar-refractivity contribution < 1.29 is 18.1 Å². The van der Waals surface area contributed by atoms with Crippen molar-refractivity contribution in [1.29, 1.82) is 0 Å². The second kappa shape index (κ2) is 13.0. The number of nitro groups is 1. The number of benzene rings is 4. The fourth-order valence-electron chi connectivity index (χ4n) is 5.48. The highest BCUT2D eigenvalue weighted by atomic mass is 32.2. The lowest BCUT2D eigenvalue weighted by molar-refractivity contribution is -0.387. The predicted molar refractivity (Wildman–Crippen MR) is 175 cm³/mol. The second-order valence-corrected chi connectivity index (χ2v) is 12.5. The van der Waals surface area contributed by atoms with Crippen molar-refractivity contribution in [2.45, 2.75) is 18.2 Å². The number of aromatic amines is 1. The molecule has 1 aromatic heterocycles. The Labute approximate surface area is 261 Å². The van der Waals surface area contributed by atoms with E-state index in [0.29, 0.717) is 12.4 Å². The lowest BCUT2D eigenvalue weighted by Crippen LogP contribution is -2.47. The molecule has 0 bridgehead atoms. The van der Waals surface area contributed by atoms with Crippen LogP contribution in [0.2, 0.25) is 0 Å². The van der Waals surface area contributed by atoms with Gasteiger partial charge in [0.15, 0.2) is 4.90 Å². The summed E-state index contributed by atoms with van der Waals surface area (Å²) < 4.78 is 33.8. The van der Waals surface area contributed by atoms with Crippen molar-refractivity contribution in [1.82, 2.24) is 14.9 Å². The normalized spacial score (nSPS) is 14.0. The molecule has 0 aliphatic carbocycles. The van der Waals surface area contributed by atoms with Crippen molar-refractivity contribution in [3.8, 4) is 17.1 Å². The molecule has 1 aliphatic rings. The highest BCUT2D eigenvalue weighted by Gasteiger charge is 2.25. The van der Waals surface area contributed by atoms with Gasteiger partial charge in [-0.15, -0.1) is 0 Å². The van der Waals surface area contributed by atoms with Crippen LogP contribution in [-0.4, -0.2) is 67.5 Å². The molecule has 4 aromatic carbocycles. The molecule has 11 nitrogen and oxygen atoms in total. The Kier molecular flexibility index (Phi) is 8.67. The van der Waals surface area contributed by atoms with Gasteiger partial charge in [0.2, 0.25) is 0 Å². The Morgan fingerprint density at radius 2 is 1.67 bits per heavy atom. The first-order valence-electron chi connectivity index (χ1n) is 14.8. The van der Waals surface area contributed by atoms with Gasteiger partial charge in [0, 0.05) is 50.0 Å². The molecular formula is C33H34N6O5S. The molecule has 1 saturated heterocycles. The van der Waals surface area contributed by atoms with Crippen molar-refractivity contribution in [2.75, 3.05) is 49.0 Å². The highest BCUT2D eigenvalue weighted by Crippen LogP contribution is 2.30. The van der Waals surface area contributed by atoms with Crippen LogP contribution in [0, 0.1) is 10.1 Å². The van der Waals surface area contributed by atoms with Crippen molar-refractivity contribution in [3.05, 3.63) is 107 Å². The average Bonchev–Trinajstić information content (AvgIpc) is 3.51. The van der Waals surface area contributed by atoms with Gasteiger partial charge in [-0.25, -0.2) is 13.4 Å². The largest absolute Gasteiger partial charge is 0.492 e. The first kappa shape index (κ1) is 30.1. The minimum atomic E-state index is -4.13. The number of aromatic nitrogens is 2. The maximum absolute atomic E-state index is 12.8. The Morgan fingerprint density at radius 1 is 0.933 bits per heavy atom. The lowest BCUT2D eigenvalue weighted by Gasteiger charge is -2.36. The van der Waals surface area contributed by atoms with Gasteiger partial charge >= 0.3 is 0 Å². The number of nitro benzene ring substituents is 1. The third kappa shape index (κ3) is 6.76. The van der Waals surface area contributed by atoms with Crippen LogP contribution in [0.25, 0.3) is 22.4 Å². The van der Waals surface area contributed by atoms with Crippen LogP contribution in [0.15, 0.2) is 95.9 Å². The van der Waals surface area contributed by atoms with Crippen LogP contribution >= 0.6 is 0 Å². The highest BCUT2D eigenvalue weighted by molar-refractivity contribution is 7.92. The molecule has 5 aromatic rings. The van der Waals surface area contributed by atoms with E-state index < -0.39 is 20.6 Å². The topological polar surface area (TPSA) is 134 Å². The average molecular weight is 627 g/mol. The van der Waals surface area contributed by atoms with Crippen LogP contribution in [0.4, 0.5) is 17.1 Å². The van der Waals surface area contributed by atoms with E-state index in [2.05, 4.69) is 68.9 Å². The van der Waals surface area contributed by atoms with Gasteiger partial charge in [-0.05, 0) is 54.4 Å². The molecule has 12 heteroatoms. The molecule has 0 spiro atoms. The van der Waals surface area contributed by atoms with Gasteiger partial charge in [0.1, 0.15) is 23.7 Å². The van der Waals surface area contributed by atoms with Gasteiger partial charge < -0.3 is 14.6 Å². The summed E-state index contributed by atoms with van der Waals surface area (Å²) in [6.07, 6.45) is 1.01. The summed E-state index contributed by atoms with van der Waals surface area (Å²) in [5.74, 6) is 1.48. The number of H-pyrrole nitrogens is 1. The van der Waals surface area contributed by atoms with Crippen LogP contribution in [0.1, 0.15) is 12.5 Å². The number of rotatable bonds is 11. The molecule has 0 atom stereocenters.